The number of amides is 4. The van der Waals surface area contributed by atoms with Gasteiger partial charge in [0.15, 0.2) is 0 Å². The minimum Gasteiger partial charge on any atom is -0.384 e. The molecular formula is C28H41ClN4O5. The molecule has 4 amide bonds. The quantitative estimate of drug-likeness (QED) is 0.459. The van der Waals surface area contributed by atoms with E-state index < -0.39 is 28.9 Å². The van der Waals surface area contributed by atoms with Crippen LogP contribution in [0, 0.1) is 17.3 Å². The molecule has 4 N–H and O–H groups in total. The van der Waals surface area contributed by atoms with Crippen molar-refractivity contribution in [2.24, 2.45) is 23.0 Å². The average Bonchev–Trinajstić information content (AvgIpc) is 2.87. The number of carbonyl (C=O) groups is 4. The first-order valence-corrected chi connectivity index (χ1v) is 13.8. The molecule has 2 fully saturated rings. The first kappa shape index (κ1) is 29.9. The third kappa shape index (κ3) is 6.67. The van der Waals surface area contributed by atoms with Crippen molar-refractivity contribution in [1.29, 1.82) is 0 Å². The van der Waals surface area contributed by atoms with Gasteiger partial charge in [-0.2, -0.15) is 0 Å². The number of nitrogens with zero attached hydrogens (tertiary/aromatic N) is 2. The van der Waals surface area contributed by atoms with Crippen molar-refractivity contribution in [3.05, 3.63) is 34.9 Å². The SMILES string of the molecule is CC(C)C(NC(=O)C1CCCN(C(=O)CCC(N)=O)C1)C(=O)N1CCC(O)(c2ccc(Cl)cc2)C(C)(C)C1. The first-order valence-electron chi connectivity index (χ1n) is 13.4. The Hall–Kier alpha value is -2.65. The standard InChI is InChI=1S/C28H41ClN4O5/c1-18(2)24(31-25(36)19-6-5-14-32(16-19)23(35)12-11-22(30)34)26(37)33-15-13-28(38,27(3,4)17-33)20-7-9-21(29)10-8-20/h7-10,18-19,24,38H,5-6,11-17H2,1-4H3,(H2,30,34)(H,31,36). The van der Waals surface area contributed by atoms with Crippen LogP contribution >= 0.6 is 11.6 Å². The highest BCUT2D eigenvalue weighted by Crippen LogP contribution is 2.46. The predicted octanol–water partition coefficient (Wildman–Crippen LogP) is 2.43. The average molecular weight is 549 g/mol. The maximum absolute atomic E-state index is 13.7. The van der Waals surface area contributed by atoms with E-state index in [-0.39, 0.29) is 43.0 Å². The van der Waals surface area contributed by atoms with Crippen molar-refractivity contribution in [3.63, 3.8) is 0 Å². The molecule has 2 heterocycles. The van der Waals surface area contributed by atoms with Crippen molar-refractivity contribution in [2.45, 2.75) is 71.4 Å². The monoisotopic (exact) mass is 548 g/mol. The Balaban J connectivity index is 1.66. The van der Waals surface area contributed by atoms with Crippen LogP contribution in [0.15, 0.2) is 24.3 Å². The third-order valence-corrected chi connectivity index (χ3v) is 8.30. The molecule has 10 heteroatoms. The van der Waals surface area contributed by atoms with E-state index >= 15 is 0 Å². The molecule has 210 valence electrons. The van der Waals surface area contributed by atoms with Gasteiger partial charge in [-0.25, -0.2) is 0 Å². The second-order valence-electron chi connectivity index (χ2n) is 11.6. The van der Waals surface area contributed by atoms with Crippen LogP contribution in [0.4, 0.5) is 0 Å². The van der Waals surface area contributed by atoms with Gasteiger partial charge in [0.05, 0.1) is 11.5 Å². The summed E-state index contributed by atoms with van der Waals surface area (Å²) in [6, 6.07) is 6.44. The molecule has 3 atom stereocenters. The Labute approximate surface area is 230 Å². The smallest absolute Gasteiger partial charge is 0.245 e. The van der Waals surface area contributed by atoms with Gasteiger partial charge in [0.1, 0.15) is 6.04 Å². The van der Waals surface area contributed by atoms with Gasteiger partial charge in [-0.1, -0.05) is 51.4 Å². The summed E-state index contributed by atoms with van der Waals surface area (Å²) in [5.41, 5.74) is 4.15. The lowest BCUT2D eigenvalue weighted by molar-refractivity contribution is -0.157. The van der Waals surface area contributed by atoms with Gasteiger partial charge in [-0.05, 0) is 42.9 Å². The Morgan fingerprint density at radius 3 is 2.34 bits per heavy atom. The topological polar surface area (TPSA) is 133 Å². The van der Waals surface area contributed by atoms with E-state index in [1.807, 2.05) is 39.8 Å². The van der Waals surface area contributed by atoms with E-state index in [0.29, 0.717) is 43.9 Å². The molecule has 0 bridgehead atoms. The zero-order chi connectivity index (χ0) is 28.3. The second kappa shape index (κ2) is 12.0. The lowest BCUT2D eigenvalue weighted by Gasteiger charge is -2.51. The van der Waals surface area contributed by atoms with Crippen LogP contribution in [0.5, 0.6) is 0 Å². The minimum absolute atomic E-state index is 0.0184. The number of carbonyl (C=O) groups excluding carboxylic acids is 4. The fourth-order valence-electron chi connectivity index (χ4n) is 5.56. The molecule has 1 aromatic carbocycles. The van der Waals surface area contributed by atoms with Crippen molar-refractivity contribution in [2.75, 3.05) is 26.2 Å². The van der Waals surface area contributed by atoms with Crippen LogP contribution in [0.25, 0.3) is 0 Å². The van der Waals surface area contributed by atoms with E-state index in [1.165, 1.54) is 0 Å². The van der Waals surface area contributed by atoms with Crippen molar-refractivity contribution in [1.82, 2.24) is 15.1 Å². The van der Waals surface area contributed by atoms with Gasteiger partial charge >= 0.3 is 0 Å². The Kier molecular flexibility index (Phi) is 9.47. The Morgan fingerprint density at radius 1 is 1.11 bits per heavy atom. The summed E-state index contributed by atoms with van der Waals surface area (Å²) in [7, 11) is 0. The van der Waals surface area contributed by atoms with Gasteiger partial charge in [-0.3, -0.25) is 19.2 Å². The number of nitrogens with two attached hydrogens (primary N) is 1. The summed E-state index contributed by atoms with van der Waals surface area (Å²) in [5.74, 6) is -1.73. The Morgan fingerprint density at radius 2 is 1.76 bits per heavy atom. The van der Waals surface area contributed by atoms with Gasteiger partial charge in [-0.15, -0.1) is 0 Å². The van der Waals surface area contributed by atoms with Crippen LogP contribution in [-0.2, 0) is 24.8 Å². The van der Waals surface area contributed by atoms with Gasteiger partial charge in [0.25, 0.3) is 0 Å². The van der Waals surface area contributed by atoms with Crippen molar-refractivity contribution >= 4 is 35.2 Å². The highest BCUT2D eigenvalue weighted by atomic mass is 35.5. The lowest BCUT2D eigenvalue weighted by atomic mass is 9.66. The number of aliphatic hydroxyl groups is 1. The van der Waals surface area contributed by atoms with E-state index in [9.17, 15) is 24.3 Å². The number of likely N-dealkylation sites (tertiary alicyclic amines) is 2. The van der Waals surface area contributed by atoms with Crippen LogP contribution in [0.3, 0.4) is 0 Å². The Bertz CT molecular complexity index is 1040. The number of primary amides is 1. The summed E-state index contributed by atoms with van der Waals surface area (Å²) in [5, 5.41) is 15.2. The summed E-state index contributed by atoms with van der Waals surface area (Å²) in [6.45, 7) is 9.14. The molecule has 1 aromatic rings. The van der Waals surface area contributed by atoms with E-state index in [1.54, 1.807) is 21.9 Å². The maximum Gasteiger partial charge on any atom is 0.245 e. The molecular weight excluding hydrogens is 508 g/mol. The number of nitrogens with one attached hydrogen (secondary N) is 1. The number of hydrogen-bond acceptors (Lipinski definition) is 5. The van der Waals surface area contributed by atoms with E-state index in [2.05, 4.69) is 5.32 Å². The molecule has 3 unspecified atom stereocenters. The zero-order valence-electron chi connectivity index (χ0n) is 22.8. The van der Waals surface area contributed by atoms with Gasteiger partial charge < -0.3 is 26.0 Å². The minimum atomic E-state index is -1.13. The van der Waals surface area contributed by atoms with Gasteiger partial charge in [0.2, 0.25) is 23.6 Å². The van der Waals surface area contributed by atoms with E-state index in [4.69, 9.17) is 17.3 Å². The van der Waals surface area contributed by atoms with E-state index in [0.717, 1.165) is 5.56 Å². The predicted molar refractivity (Wildman–Crippen MR) is 145 cm³/mol. The third-order valence-electron chi connectivity index (χ3n) is 8.04. The highest BCUT2D eigenvalue weighted by Gasteiger charge is 2.50. The number of hydrogen-bond donors (Lipinski definition) is 3. The number of benzene rings is 1. The number of piperidine rings is 2. The molecule has 2 aliphatic rings. The van der Waals surface area contributed by atoms with Crippen molar-refractivity contribution in [3.8, 4) is 0 Å². The summed E-state index contributed by atoms with van der Waals surface area (Å²) in [6.07, 6.45) is 1.66. The largest absolute Gasteiger partial charge is 0.384 e. The van der Waals surface area contributed by atoms with Crippen molar-refractivity contribution < 1.29 is 24.3 Å². The summed E-state index contributed by atoms with van der Waals surface area (Å²) >= 11 is 6.04. The highest BCUT2D eigenvalue weighted by molar-refractivity contribution is 6.30. The molecule has 0 saturated carbocycles. The van der Waals surface area contributed by atoms with Crippen LogP contribution < -0.4 is 11.1 Å². The number of halogens is 1. The normalized spacial score (nSPS) is 24.1. The maximum atomic E-state index is 13.7. The van der Waals surface area contributed by atoms with Crippen LogP contribution in [0.2, 0.25) is 5.02 Å². The zero-order valence-corrected chi connectivity index (χ0v) is 23.6. The van der Waals surface area contributed by atoms with Crippen LogP contribution in [0.1, 0.15) is 65.4 Å². The fourth-order valence-corrected chi connectivity index (χ4v) is 5.68. The fraction of sp³-hybridized carbons (Fsp3) is 0.643. The number of rotatable bonds is 8. The second-order valence-corrected chi connectivity index (χ2v) is 12.1. The molecule has 38 heavy (non-hydrogen) atoms. The molecule has 0 aromatic heterocycles. The van der Waals surface area contributed by atoms with Gasteiger partial charge in [0, 0.05) is 49.5 Å². The molecule has 9 nitrogen and oxygen atoms in total. The summed E-state index contributed by atoms with van der Waals surface area (Å²) < 4.78 is 0. The lowest BCUT2D eigenvalue weighted by Crippen LogP contribution is -2.61. The molecule has 0 aliphatic carbocycles. The first-order chi connectivity index (χ1) is 17.7. The molecule has 0 spiro atoms. The molecule has 3 rings (SSSR count). The summed E-state index contributed by atoms with van der Waals surface area (Å²) in [4.78, 5) is 53.7. The molecule has 2 aliphatic heterocycles. The van der Waals surface area contributed by atoms with Crippen LogP contribution in [-0.4, -0.2) is 70.8 Å². The molecule has 0 radical (unpaired) electrons. The molecule has 2 saturated heterocycles.